The number of nitrogens with zero attached hydrogens (tertiary/aromatic N) is 2. The van der Waals surface area contributed by atoms with Gasteiger partial charge in [-0.15, -0.1) is 0 Å². The molecule has 3 amide bonds. The van der Waals surface area contributed by atoms with Gasteiger partial charge in [-0.25, -0.2) is 0 Å². The average Bonchev–Trinajstić information content (AvgIpc) is 3.80. The van der Waals surface area contributed by atoms with Crippen molar-refractivity contribution in [2.45, 2.75) is 59.7 Å². The van der Waals surface area contributed by atoms with Crippen molar-refractivity contribution in [3.8, 4) is 0 Å². The number of carbonyl (C=O) groups excluding carboxylic acids is 3. The molecule has 3 heterocycles. The lowest BCUT2D eigenvalue weighted by Crippen LogP contribution is -2.49. The highest BCUT2D eigenvalue weighted by Crippen LogP contribution is 2.30. The molecule has 4 N–H and O–H groups in total. The fraction of sp³-hybridized carbons (Fsp3) is 0.283. The summed E-state index contributed by atoms with van der Waals surface area (Å²) in [4.78, 5) is 50.6. The SMILES string of the molecule is CC(=O)N(Cc1cc(C)c(C)c(C)c1)C[C@@H](Cc1c[nH]c2ccccc12)NC(=O)CN1CC=C(c2c[nH]c3ccc(C(=O)NCc4ccccc4)cc23)CC1. The molecule has 282 valence electrons. The van der Waals surface area contributed by atoms with Crippen LogP contribution in [0.4, 0.5) is 0 Å². The normalized spacial score (nSPS) is 13.8. The minimum atomic E-state index is -0.288. The molecule has 9 nitrogen and oxygen atoms in total. The molecule has 6 aromatic rings. The number of aromatic amines is 2. The molecule has 4 aromatic carbocycles. The Balaban J connectivity index is 1.02. The maximum atomic E-state index is 13.8. The van der Waals surface area contributed by atoms with Crippen LogP contribution >= 0.6 is 0 Å². The van der Waals surface area contributed by atoms with Crippen LogP contribution < -0.4 is 10.6 Å². The van der Waals surface area contributed by atoms with Gasteiger partial charge in [0.1, 0.15) is 0 Å². The molecule has 0 unspecified atom stereocenters. The van der Waals surface area contributed by atoms with E-state index in [1.54, 1.807) is 6.92 Å². The maximum absolute atomic E-state index is 13.8. The van der Waals surface area contributed by atoms with Gasteiger partial charge in [0.2, 0.25) is 11.8 Å². The first kappa shape index (κ1) is 37.4. The molecule has 1 atom stereocenters. The Morgan fingerprint density at radius 1 is 0.836 bits per heavy atom. The Morgan fingerprint density at radius 3 is 2.31 bits per heavy atom. The van der Waals surface area contributed by atoms with Gasteiger partial charge in [-0.1, -0.05) is 66.7 Å². The maximum Gasteiger partial charge on any atom is 0.251 e. The molecule has 0 spiro atoms. The van der Waals surface area contributed by atoms with Crippen molar-refractivity contribution in [1.29, 1.82) is 0 Å². The number of benzene rings is 4. The summed E-state index contributed by atoms with van der Waals surface area (Å²) in [5.41, 5.74) is 11.8. The minimum Gasteiger partial charge on any atom is -0.361 e. The van der Waals surface area contributed by atoms with Crippen molar-refractivity contribution in [3.05, 3.63) is 148 Å². The van der Waals surface area contributed by atoms with Gasteiger partial charge < -0.3 is 25.5 Å². The Kier molecular flexibility index (Phi) is 11.3. The van der Waals surface area contributed by atoms with Crippen molar-refractivity contribution >= 4 is 45.1 Å². The predicted octanol–water partition coefficient (Wildman–Crippen LogP) is 7.37. The Labute approximate surface area is 322 Å². The number of fused-ring (bicyclic) bond motifs is 2. The molecule has 0 saturated carbocycles. The number of para-hydroxylation sites is 1. The second-order valence-electron chi connectivity index (χ2n) is 14.9. The molecule has 0 radical (unpaired) electrons. The molecule has 55 heavy (non-hydrogen) atoms. The van der Waals surface area contributed by atoms with Gasteiger partial charge in [-0.3, -0.25) is 19.3 Å². The minimum absolute atomic E-state index is 0.0278. The molecule has 0 bridgehead atoms. The number of aryl methyl sites for hydroxylation is 2. The number of rotatable bonds is 13. The molecule has 7 rings (SSSR count). The molecule has 2 aromatic heterocycles. The van der Waals surface area contributed by atoms with Crippen molar-refractivity contribution in [2.75, 3.05) is 26.2 Å². The largest absolute Gasteiger partial charge is 0.361 e. The Morgan fingerprint density at radius 2 is 1.56 bits per heavy atom. The standard InChI is InChI=1S/C46H50N6O3/c1-30-20-35(21-31(2)32(30)3)27-52(33(4)53)28-39(22-38-25-47-43-13-9-8-12-40(38)43)50-45(54)29-51-18-16-36(17-19-51)42-26-48-44-15-14-37(23-41(42)44)46(55)49-24-34-10-6-5-7-11-34/h5-16,20-21,23,25-26,39,47-48H,17-19,22,24,27-29H2,1-4H3,(H,49,55)(H,50,54)/t39-/m1/s1. The lowest BCUT2D eigenvalue weighted by atomic mass is 9.98. The van der Waals surface area contributed by atoms with E-state index in [0.717, 1.165) is 57.0 Å². The summed E-state index contributed by atoms with van der Waals surface area (Å²) in [5, 5.41) is 8.48. The fourth-order valence-electron chi connectivity index (χ4n) is 7.72. The monoisotopic (exact) mass is 734 g/mol. The van der Waals surface area contributed by atoms with E-state index >= 15 is 0 Å². The lowest BCUT2D eigenvalue weighted by Gasteiger charge is -2.30. The number of hydrogen-bond acceptors (Lipinski definition) is 4. The van der Waals surface area contributed by atoms with Crippen LogP contribution in [-0.4, -0.2) is 69.7 Å². The number of nitrogens with one attached hydrogen (secondary N) is 4. The van der Waals surface area contributed by atoms with Crippen molar-refractivity contribution in [2.24, 2.45) is 0 Å². The van der Waals surface area contributed by atoms with E-state index in [0.29, 0.717) is 38.2 Å². The van der Waals surface area contributed by atoms with E-state index in [4.69, 9.17) is 0 Å². The van der Waals surface area contributed by atoms with E-state index in [1.165, 1.54) is 22.3 Å². The summed E-state index contributed by atoms with van der Waals surface area (Å²) in [6.45, 7) is 10.9. The van der Waals surface area contributed by atoms with Crippen LogP contribution in [-0.2, 0) is 29.1 Å². The highest BCUT2D eigenvalue weighted by Gasteiger charge is 2.24. The summed E-state index contributed by atoms with van der Waals surface area (Å²) < 4.78 is 0. The van der Waals surface area contributed by atoms with Crippen LogP contribution in [0.25, 0.3) is 27.4 Å². The van der Waals surface area contributed by atoms with Gasteiger partial charge in [0.25, 0.3) is 5.91 Å². The van der Waals surface area contributed by atoms with Crippen molar-refractivity contribution in [1.82, 2.24) is 30.4 Å². The van der Waals surface area contributed by atoms with Gasteiger partial charge in [-0.2, -0.15) is 0 Å². The highest BCUT2D eigenvalue weighted by atomic mass is 16.2. The second kappa shape index (κ2) is 16.6. The zero-order valence-electron chi connectivity index (χ0n) is 32.2. The number of H-pyrrole nitrogens is 2. The molecular formula is C46H50N6O3. The second-order valence-corrected chi connectivity index (χ2v) is 14.9. The first-order valence-corrected chi connectivity index (χ1v) is 19.1. The first-order chi connectivity index (χ1) is 26.6. The van der Waals surface area contributed by atoms with E-state index < -0.39 is 0 Å². The predicted molar refractivity (Wildman–Crippen MR) is 221 cm³/mol. The van der Waals surface area contributed by atoms with Gasteiger partial charge in [0.05, 0.1) is 12.6 Å². The third-order valence-corrected chi connectivity index (χ3v) is 11.0. The lowest BCUT2D eigenvalue weighted by molar-refractivity contribution is -0.131. The molecular weight excluding hydrogens is 685 g/mol. The van der Waals surface area contributed by atoms with Crippen LogP contribution in [0, 0.1) is 20.8 Å². The number of amides is 3. The van der Waals surface area contributed by atoms with Gasteiger partial charge in [0.15, 0.2) is 0 Å². The highest BCUT2D eigenvalue weighted by molar-refractivity contribution is 6.01. The fourth-order valence-corrected chi connectivity index (χ4v) is 7.72. The van der Waals surface area contributed by atoms with E-state index in [9.17, 15) is 14.4 Å². The molecule has 9 heteroatoms. The van der Waals surface area contributed by atoms with Gasteiger partial charge in [-0.05, 0) is 96.8 Å². The van der Waals surface area contributed by atoms with Crippen molar-refractivity contribution < 1.29 is 14.4 Å². The van der Waals surface area contributed by atoms with E-state index in [1.807, 2.05) is 84.0 Å². The van der Waals surface area contributed by atoms with Crippen LogP contribution in [0.1, 0.15) is 62.6 Å². The first-order valence-electron chi connectivity index (χ1n) is 19.1. The third-order valence-electron chi connectivity index (χ3n) is 11.0. The van der Waals surface area contributed by atoms with Crippen LogP contribution in [0.2, 0.25) is 0 Å². The third kappa shape index (κ3) is 8.90. The number of carbonyl (C=O) groups is 3. The summed E-state index contributed by atoms with van der Waals surface area (Å²) in [6.07, 6.45) is 7.57. The van der Waals surface area contributed by atoms with Crippen molar-refractivity contribution in [3.63, 3.8) is 0 Å². The van der Waals surface area contributed by atoms with Crippen LogP contribution in [0.15, 0.2) is 103 Å². The smallest absolute Gasteiger partial charge is 0.251 e. The number of aromatic nitrogens is 2. The Bertz CT molecular complexity index is 2350. The Hall–Kier alpha value is -5.93. The quantitative estimate of drug-likeness (QED) is 0.0993. The molecule has 0 saturated heterocycles. The molecule has 0 fully saturated rings. The summed E-state index contributed by atoms with van der Waals surface area (Å²) in [7, 11) is 0. The van der Waals surface area contributed by atoms with E-state index in [2.05, 4.69) is 70.5 Å². The van der Waals surface area contributed by atoms with Gasteiger partial charge in [0, 0.05) is 85.0 Å². The molecule has 0 aliphatic carbocycles. The summed E-state index contributed by atoms with van der Waals surface area (Å²) >= 11 is 0. The van der Waals surface area contributed by atoms with Crippen LogP contribution in [0.5, 0.6) is 0 Å². The zero-order chi connectivity index (χ0) is 38.5. The number of hydrogen-bond donors (Lipinski definition) is 4. The zero-order valence-corrected chi connectivity index (χ0v) is 32.2. The summed E-state index contributed by atoms with van der Waals surface area (Å²) in [6, 6.07) is 27.8. The molecule has 1 aliphatic heterocycles. The van der Waals surface area contributed by atoms with Gasteiger partial charge >= 0.3 is 0 Å². The topological polar surface area (TPSA) is 113 Å². The molecule has 1 aliphatic rings. The van der Waals surface area contributed by atoms with E-state index in [-0.39, 0.29) is 30.3 Å². The average molecular weight is 735 g/mol. The summed E-state index contributed by atoms with van der Waals surface area (Å²) in [5.74, 6) is -0.201. The van der Waals surface area contributed by atoms with Crippen LogP contribution in [0.3, 0.4) is 0 Å².